The van der Waals surface area contributed by atoms with Crippen molar-refractivity contribution in [1.82, 2.24) is 20.4 Å². The highest BCUT2D eigenvalue weighted by molar-refractivity contribution is 5.81. The molecule has 0 aromatic heterocycles. The van der Waals surface area contributed by atoms with Crippen LogP contribution in [0.2, 0.25) is 0 Å². The third kappa shape index (κ3) is 6.54. The van der Waals surface area contributed by atoms with Gasteiger partial charge >= 0.3 is 0 Å². The van der Waals surface area contributed by atoms with Gasteiger partial charge in [-0.15, -0.1) is 0 Å². The number of hydrogen-bond donors (Lipinski definition) is 2. The van der Waals surface area contributed by atoms with Gasteiger partial charge in [0.2, 0.25) is 5.91 Å². The molecule has 6 nitrogen and oxygen atoms in total. The lowest BCUT2D eigenvalue weighted by molar-refractivity contribution is -0.121. The van der Waals surface area contributed by atoms with Crippen LogP contribution in [0, 0.1) is 0 Å². The number of rotatable bonds is 7. The van der Waals surface area contributed by atoms with E-state index in [1.165, 1.54) is 5.56 Å². The fourth-order valence-electron chi connectivity index (χ4n) is 3.64. The molecule has 27 heavy (non-hydrogen) atoms. The van der Waals surface area contributed by atoms with Crippen LogP contribution >= 0.6 is 0 Å². The van der Waals surface area contributed by atoms with Crippen molar-refractivity contribution in [1.29, 1.82) is 0 Å². The van der Waals surface area contributed by atoms with Gasteiger partial charge in [-0.3, -0.25) is 14.7 Å². The van der Waals surface area contributed by atoms with Gasteiger partial charge in [0.25, 0.3) is 0 Å². The van der Waals surface area contributed by atoms with Gasteiger partial charge in [-0.25, -0.2) is 0 Å². The Hall–Kier alpha value is -2.08. The predicted octanol–water partition coefficient (Wildman–Crippen LogP) is 2.25. The molecular weight excluding hydrogens is 338 g/mol. The van der Waals surface area contributed by atoms with E-state index < -0.39 is 0 Å². The summed E-state index contributed by atoms with van der Waals surface area (Å²) in [7, 11) is 1.81. The monoisotopic (exact) mass is 373 g/mol. The number of nitrogens with zero attached hydrogens (tertiary/aromatic N) is 3. The Bertz CT molecular complexity index is 594. The zero-order valence-electron chi connectivity index (χ0n) is 17.2. The fourth-order valence-corrected chi connectivity index (χ4v) is 3.64. The molecule has 6 heteroatoms. The van der Waals surface area contributed by atoms with Crippen molar-refractivity contribution >= 4 is 11.9 Å². The van der Waals surface area contributed by atoms with Gasteiger partial charge in [0.15, 0.2) is 5.96 Å². The molecule has 0 aliphatic carbocycles. The fraction of sp³-hybridized carbons (Fsp3) is 0.619. The first-order chi connectivity index (χ1) is 13.0. The molecule has 1 unspecified atom stereocenters. The number of carbonyl (C=O) groups excluding carboxylic acids is 1. The number of aliphatic imine (C=N–C) groups is 1. The van der Waals surface area contributed by atoms with Crippen molar-refractivity contribution in [3.05, 3.63) is 35.9 Å². The third-order valence-corrected chi connectivity index (χ3v) is 4.92. The van der Waals surface area contributed by atoms with E-state index in [0.29, 0.717) is 19.0 Å². The van der Waals surface area contributed by atoms with Crippen molar-refractivity contribution in [2.45, 2.75) is 45.7 Å². The summed E-state index contributed by atoms with van der Waals surface area (Å²) in [5.74, 6) is 0.964. The second-order valence-electron chi connectivity index (χ2n) is 7.30. The molecule has 0 bridgehead atoms. The molecular formula is C21H35N5O. The first-order valence-electron chi connectivity index (χ1n) is 10.1. The molecule has 150 valence electrons. The second kappa shape index (κ2) is 10.9. The highest BCUT2D eigenvalue weighted by Crippen LogP contribution is 2.25. The van der Waals surface area contributed by atoms with E-state index in [4.69, 9.17) is 0 Å². The Morgan fingerprint density at radius 1 is 1.15 bits per heavy atom. The van der Waals surface area contributed by atoms with Crippen LogP contribution < -0.4 is 10.6 Å². The van der Waals surface area contributed by atoms with E-state index in [1.54, 1.807) is 0 Å². The molecule has 1 aromatic carbocycles. The zero-order valence-corrected chi connectivity index (χ0v) is 17.2. The SMILES string of the molecule is CCC(c1ccccc1)N1CCN(C(=NC)NCCC(=O)NC(C)C)CC1. The van der Waals surface area contributed by atoms with Crippen molar-refractivity contribution in [2.24, 2.45) is 4.99 Å². The van der Waals surface area contributed by atoms with E-state index in [2.05, 4.69) is 62.7 Å². The number of guanidine groups is 1. The predicted molar refractivity (Wildman–Crippen MR) is 112 cm³/mol. The minimum atomic E-state index is 0.0754. The van der Waals surface area contributed by atoms with Gasteiger partial charge < -0.3 is 15.5 Å². The highest BCUT2D eigenvalue weighted by Gasteiger charge is 2.25. The zero-order chi connectivity index (χ0) is 19.6. The summed E-state index contributed by atoms with van der Waals surface area (Å²) in [6.45, 7) is 10.7. The van der Waals surface area contributed by atoms with Crippen molar-refractivity contribution in [2.75, 3.05) is 39.8 Å². The van der Waals surface area contributed by atoms with Crippen molar-refractivity contribution in [3.8, 4) is 0 Å². The van der Waals surface area contributed by atoms with Crippen LogP contribution in [0.5, 0.6) is 0 Å². The molecule has 1 fully saturated rings. The normalized spacial score (nSPS) is 17.1. The van der Waals surface area contributed by atoms with Gasteiger partial charge in [-0.05, 0) is 25.8 Å². The lowest BCUT2D eigenvalue weighted by Gasteiger charge is -2.40. The second-order valence-corrected chi connectivity index (χ2v) is 7.30. The first kappa shape index (κ1) is 21.2. The standard InChI is InChI=1S/C21H35N5O/c1-5-19(18-9-7-6-8-10-18)25-13-15-26(16-14-25)21(22-4)23-12-11-20(27)24-17(2)3/h6-10,17,19H,5,11-16H2,1-4H3,(H,22,23)(H,24,27). The molecule has 1 aliphatic rings. The number of carbonyl (C=O) groups is 1. The molecule has 1 atom stereocenters. The lowest BCUT2D eigenvalue weighted by atomic mass is 10.0. The highest BCUT2D eigenvalue weighted by atomic mass is 16.1. The summed E-state index contributed by atoms with van der Waals surface area (Å²) in [6.07, 6.45) is 1.57. The lowest BCUT2D eigenvalue weighted by Crippen LogP contribution is -2.53. The van der Waals surface area contributed by atoms with Gasteiger partial charge in [0, 0.05) is 58.3 Å². The minimum absolute atomic E-state index is 0.0754. The van der Waals surface area contributed by atoms with Gasteiger partial charge in [0.1, 0.15) is 0 Å². The maximum absolute atomic E-state index is 11.8. The third-order valence-electron chi connectivity index (χ3n) is 4.92. The molecule has 1 heterocycles. The largest absolute Gasteiger partial charge is 0.356 e. The summed E-state index contributed by atoms with van der Waals surface area (Å²) in [5.41, 5.74) is 1.40. The van der Waals surface area contributed by atoms with Crippen LogP contribution in [-0.4, -0.2) is 67.5 Å². The van der Waals surface area contributed by atoms with Gasteiger partial charge in [0.05, 0.1) is 0 Å². The van der Waals surface area contributed by atoms with E-state index in [0.717, 1.165) is 38.6 Å². The van der Waals surface area contributed by atoms with Crippen LogP contribution in [0.3, 0.4) is 0 Å². The Kier molecular flexibility index (Phi) is 8.58. The van der Waals surface area contributed by atoms with Crippen LogP contribution in [0.25, 0.3) is 0 Å². The molecule has 1 amide bonds. The van der Waals surface area contributed by atoms with E-state index >= 15 is 0 Å². The average molecular weight is 374 g/mol. The van der Waals surface area contributed by atoms with Crippen LogP contribution in [-0.2, 0) is 4.79 Å². The molecule has 1 aliphatic heterocycles. The molecule has 0 spiro atoms. The Balaban J connectivity index is 1.81. The molecule has 0 radical (unpaired) electrons. The van der Waals surface area contributed by atoms with Crippen LogP contribution in [0.4, 0.5) is 0 Å². The number of piperazine rings is 1. The smallest absolute Gasteiger partial charge is 0.221 e. The van der Waals surface area contributed by atoms with Crippen LogP contribution in [0.15, 0.2) is 35.3 Å². The van der Waals surface area contributed by atoms with Gasteiger partial charge in [-0.2, -0.15) is 0 Å². The summed E-state index contributed by atoms with van der Waals surface area (Å²) in [5, 5.41) is 6.24. The molecule has 1 aromatic rings. The number of amides is 1. The number of hydrogen-bond acceptors (Lipinski definition) is 3. The molecule has 2 rings (SSSR count). The summed E-state index contributed by atoms with van der Waals surface area (Å²) >= 11 is 0. The molecule has 1 saturated heterocycles. The topological polar surface area (TPSA) is 60.0 Å². The summed E-state index contributed by atoms with van der Waals surface area (Å²) < 4.78 is 0. The first-order valence-corrected chi connectivity index (χ1v) is 10.1. The Labute approximate surface area is 164 Å². The quantitative estimate of drug-likeness (QED) is 0.568. The van der Waals surface area contributed by atoms with Gasteiger partial charge in [-0.1, -0.05) is 37.3 Å². The van der Waals surface area contributed by atoms with Crippen molar-refractivity contribution < 1.29 is 4.79 Å². The number of benzene rings is 1. The molecule has 0 saturated carbocycles. The minimum Gasteiger partial charge on any atom is -0.356 e. The maximum atomic E-state index is 11.8. The summed E-state index contributed by atoms with van der Waals surface area (Å²) in [6, 6.07) is 11.4. The summed E-state index contributed by atoms with van der Waals surface area (Å²) in [4.78, 5) is 21.0. The molecule has 2 N–H and O–H groups in total. The van der Waals surface area contributed by atoms with Crippen molar-refractivity contribution in [3.63, 3.8) is 0 Å². The van der Waals surface area contributed by atoms with Crippen LogP contribution in [0.1, 0.15) is 45.2 Å². The number of nitrogens with one attached hydrogen (secondary N) is 2. The van der Waals surface area contributed by atoms with E-state index in [9.17, 15) is 4.79 Å². The Morgan fingerprint density at radius 2 is 1.81 bits per heavy atom. The van der Waals surface area contributed by atoms with E-state index in [-0.39, 0.29) is 11.9 Å². The average Bonchev–Trinajstić information content (AvgIpc) is 2.67. The Morgan fingerprint density at radius 3 is 2.37 bits per heavy atom. The van der Waals surface area contributed by atoms with E-state index in [1.807, 2.05) is 20.9 Å². The maximum Gasteiger partial charge on any atom is 0.221 e.